The molecular formula is C16H17N3O2. The quantitative estimate of drug-likeness (QED) is 0.468. The molecule has 0 spiro atoms. The number of carbonyl (C=O) groups excluding carboxylic acids is 1. The molecule has 0 radical (unpaired) electrons. The van der Waals surface area contributed by atoms with Crippen molar-refractivity contribution < 1.29 is 9.90 Å². The van der Waals surface area contributed by atoms with Crippen LogP contribution in [0.1, 0.15) is 17.5 Å². The van der Waals surface area contributed by atoms with E-state index >= 15 is 0 Å². The lowest BCUT2D eigenvalue weighted by Gasteiger charge is -2.13. The normalized spacial score (nSPS) is 22.0. The number of hydrogen-bond donors (Lipinski definition) is 1. The third-order valence-corrected chi connectivity index (χ3v) is 3.41. The molecule has 108 valence electrons. The Hall–Kier alpha value is -2.45. The monoisotopic (exact) mass is 283 g/mol. The first-order chi connectivity index (χ1) is 10.00. The molecule has 21 heavy (non-hydrogen) atoms. The summed E-state index contributed by atoms with van der Waals surface area (Å²) >= 11 is 0. The van der Waals surface area contributed by atoms with Crippen LogP contribution in [0.2, 0.25) is 0 Å². The maximum Gasteiger partial charge on any atom is 0.267 e. The molecule has 1 amide bonds. The average Bonchev–Trinajstić information content (AvgIpc) is 2.76. The fraction of sp³-hybridized carbons (Fsp3) is 0.312. The number of carbonyl (C=O) groups is 1. The van der Waals surface area contributed by atoms with Crippen molar-refractivity contribution >= 4 is 18.5 Å². The molecule has 1 aliphatic heterocycles. The van der Waals surface area contributed by atoms with Crippen LogP contribution >= 0.6 is 0 Å². The second-order valence-electron chi connectivity index (χ2n) is 4.87. The molecule has 0 unspecified atom stereocenters. The highest BCUT2D eigenvalue weighted by atomic mass is 16.3. The van der Waals surface area contributed by atoms with E-state index in [4.69, 9.17) is 0 Å². The molecule has 0 bridgehead atoms. The van der Waals surface area contributed by atoms with Crippen LogP contribution in [0.25, 0.3) is 0 Å². The van der Waals surface area contributed by atoms with Crippen molar-refractivity contribution in [2.24, 2.45) is 9.98 Å². The maximum atomic E-state index is 11.8. The Bertz CT molecular complexity index is 670. The smallest absolute Gasteiger partial charge is 0.267 e. The van der Waals surface area contributed by atoms with Crippen molar-refractivity contribution in [1.82, 2.24) is 4.90 Å². The SMILES string of the molecule is C=NC(=NC)c1cccc(C#C[C@]2(O)CCN(C)C2=O)c1. The summed E-state index contributed by atoms with van der Waals surface area (Å²) in [6.07, 6.45) is 0.324. The number of benzene rings is 1. The molecule has 1 N–H and O–H groups in total. The van der Waals surface area contributed by atoms with Crippen LogP contribution in [0.3, 0.4) is 0 Å². The highest BCUT2D eigenvalue weighted by Gasteiger charge is 2.42. The van der Waals surface area contributed by atoms with Crippen molar-refractivity contribution in [1.29, 1.82) is 0 Å². The minimum Gasteiger partial charge on any atom is -0.369 e. The lowest BCUT2D eigenvalue weighted by Crippen LogP contribution is -2.37. The summed E-state index contributed by atoms with van der Waals surface area (Å²) in [6.45, 7) is 3.98. The molecule has 1 heterocycles. The summed E-state index contributed by atoms with van der Waals surface area (Å²) in [5, 5.41) is 10.2. The molecule has 5 heteroatoms. The number of amidine groups is 1. The Kier molecular flexibility index (Phi) is 4.20. The molecule has 1 fully saturated rings. The molecule has 1 aromatic rings. The van der Waals surface area contributed by atoms with Crippen molar-refractivity contribution in [3.8, 4) is 11.8 Å². The van der Waals surface area contributed by atoms with Crippen LogP contribution in [-0.4, -0.2) is 54.7 Å². The predicted octanol–water partition coefficient (Wildman–Crippen LogP) is 0.708. The molecule has 0 saturated carbocycles. The highest BCUT2D eigenvalue weighted by molar-refractivity contribution is 6.01. The summed E-state index contributed by atoms with van der Waals surface area (Å²) in [5.74, 6) is 5.71. The van der Waals surface area contributed by atoms with Gasteiger partial charge in [0, 0.05) is 38.2 Å². The molecular weight excluding hydrogens is 266 g/mol. The average molecular weight is 283 g/mol. The summed E-state index contributed by atoms with van der Waals surface area (Å²) in [6, 6.07) is 7.28. The number of hydrogen-bond acceptors (Lipinski definition) is 3. The van der Waals surface area contributed by atoms with Crippen molar-refractivity contribution in [3.05, 3.63) is 35.4 Å². The number of aliphatic hydroxyl groups is 1. The Morgan fingerprint density at radius 1 is 1.52 bits per heavy atom. The van der Waals surface area contributed by atoms with Crippen molar-refractivity contribution in [2.75, 3.05) is 20.6 Å². The van der Waals surface area contributed by atoms with Gasteiger partial charge in [-0.25, -0.2) is 4.99 Å². The van der Waals surface area contributed by atoms with Crippen LogP contribution in [0.15, 0.2) is 34.3 Å². The lowest BCUT2D eigenvalue weighted by atomic mass is 10.0. The first kappa shape index (κ1) is 14.9. The van der Waals surface area contributed by atoms with E-state index in [2.05, 4.69) is 28.5 Å². The molecule has 0 aliphatic carbocycles. The van der Waals surface area contributed by atoms with E-state index in [-0.39, 0.29) is 5.91 Å². The van der Waals surface area contributed by atoms with Gasteiger partial charge in [0.05, 0.1) is 0 Å². The van der Waals surface area contributed by atoms with Gasteiger partial charge in [-0.1, -0.05) is 24.0 Å². The minimum absolute atomic E-state index is 0.324. The first-order valence-electron chi connectivity index (χ1n) is 6.55. The topological polar surface area (TPSA) is 65.3 Å². The van der Waals surface area contributed by atoms with E-state index in [0.717, 1.165) is 5.56 Å². The van der Waals surface area contributed by atoms with Crippen molar-refractivity contribution in [2.45, 2.75) is 12.0 Å². The largest absolute Gasteiger partial charge is 0.369 e. The van der Waals surface area contributed by atoms with Gasteiger partial charge in [-0.2, -0.15) is 0 Å². The van der Waals surface area contributed by atoms with Crippen LogP contribution in [-0.2, 0) is 4.79 Å². The molecule has 1 atom stereocenters. The van der Waals surface area contributed by atoms with Gasteiger partial charge in [0.2, 0.25) is 5.60 Å². The lowest BCUT2D eigenvalue weighted by molar-refractivity contribution is -0.137. The minimum atomic E-state index is -1.58. The third-order valence-electron chi connectivity index (χ3n) is 3.41. The van der Waals surface area contributed by atoms with E-state index in [9.17, 15) is 9.90 Å². The van der Waals surface area contributed by atoms with E-state index in [0.29, 0.717) is 24.4 Å². The summed E-state index contributed by atoms with van der Waals surface area (Å²) in [5.41, 5.74) is -0.0995. The fourth-order valence-corrected chi connectivity index (χ4v) is 2.17. The van der Waals surface area contributed by atoms with Gasteiger partial charge < -0.3 is 10.0 Å². The molecule has 0 aromatic heterocycles. The summed E-state index contributed by atoms with van der Waals surface area (Å²) in [7, 11) is 3.29. The number of aliphatic imine (C=N–C) groups is 2. The highest BCUT2D eigenvalue weighted by Crippen LogP contribution is 2.20. The zero-order valence-corrected chi connectivity index (χ0v) is 12.1. The van der Waals surface area contributed by atoms with E-state index in [1.165, 1.54) is 4.90 Å². The third kappa shape index (κ3) is 3.01. The Morgan fingerprint density at radius 2 is 2.29 bits per heavy atom. The standard InChI is InChI=1S/C16H17N3O2/c1-17-14(18-2)13-6-4-5-12(11-13)7-8-16(21)9-10-19(3)15(16)20/h4-6,11,21H,1,9-10H2,2-3H3/t16-/m0/s1. The van der Waals surface area contributed by atoms with Gasteiger partial charge in [0.15, 0.2) is 5.84 Å². The number of likely N-dealkylation sites (tertiary alicyclic amines) is 1. The predicted molar refractivity (Wildman–Crippen MR) is 82.5 cm³/mol. The number of likely N-dealkylation sites (N-methyl/N-ethyl adjacent to an activating group) is 1. The van der Waals surface area contributed by atoms with Gasteiger partial charge in [-0.15, -0.1) is 0 Å². The molecule has 1 saturated heterocycles. The van der Waals surface area contributed by atoms with Gasteiger partial charge in [-0.05, 0) is 18.9 Å². The van der Waals surface area contributed by atoms with Crippen LogP contribution in [0.4, 0.5) is 0 Å². The Balaban J connectivity index is 2.30. The summed E-state index contributed by atoms with van der Waals surface area (Å²) in [4.78, 5) is 21.2. The molecule has 1 aliphatic rings. The molecule has 2 rings (SSSR count). The van der Waals surface area contributed by atoms with Gasteiger partial charge in [-0.3, -0.25) is 9.79 Å². The number of amides is 1. The summed E-state index contributed by atoms with van der Waals surface area (Å²) < 4.78 is 0. The van der Waals surface area contributed by atoms with Crippen LogP contribution < -0.4 is 0 Å². The number of rotatable bonds is 1. The van der Waals surface area contributed by atoms with Gasteiger partial charge in [0.25, 0.3) is 5.91 Å². The number of nitrogens with zero attached hydrogens (tertiary/aromatic N) is 3. The Morgan fingerprint density at radius 3 is 2.86 bits per heavy atom. The first-order valence-corrected chi connectivity index (χ1v) is 6.55. The Labute approximate surface area is 124 Å². The second-order valence-corrected chi connectivity index (χ2v) is 4.87. The molecule has 5 nitrogen and oxygen atoms in total. The zero-order chi connectivity index (χ0) is 15.5. The van der Waals surface area contributed by atoms with E-state index in [1.807, 2.05) is 12.1 Å². The second kappa shape index (κ2) is 5.90. The van der Waals surface area contributed by atoms with Gasteiger partial charge in [0.1, 0.15) is 0 Å². The molecule has 1 aromatic carbocycles. The maximum absolute atomic E-state index is 11.8. The van der Waals surface area contributed by atoms with Crippen LogP contribution in [0, 0.1) is 11.8 Å². The van der Waals surface area contributed by atoms with Gasteiger partial charge >= 0.3 is 0 Å². The van der Waals surface area contributed by atoms with Crippen LogP contribution in [0.5, 0.6) is 0 Å². The van der Waals surface area contributed by atoms with Crippen molar-refractivity contribution in [3.63, 3.8) is 0 Å². The van der Waals surface area contributed by atoms with E-state index < -0.39 is 5.60 Å². The fourth-order valence-electron chi connectivity index (χ4n) is 2.17. The zero-order valence-electron chi connectivity index (χ0n) is 12.1. The van der Waals surface area contributed by atoms with E-state index in [1.54, 1.807) is 26.2 Å².